The Kier molecular flexibility index (Phi) is 4.31. The van der Waals surface area contributed by atoms with Gasteiger partial charge in [0.25, 0.3) is 5.70 Å². The summed E-state index contributed by atoms with van der Waals surface area (Å²) < 4.78 is 0. The molecule has 0 aliphatic rings. The maximum atomic E-state index is 11.2. The van der Waals surface area contributed by atoms with Crippen molar-refractivity contribution in [3.05, 3.63) is 86.6 Å². The van der Waals surface area contributed by atoms with Crippen molar-refractivity contribution in [1.29, 1.82) is 0 Å². The minimum absolute atomic E-state index is 0.213. The molecule has 0 amide bonds. The lowest BCUT2D eigenvalue weighted by molar-refractivity contribution is -0.425. The van der Waals surface area contributed by atoms with Gasteiger partial charge in [-0.25, -0.2) is 0 Å². The van der Waals surface area contributed by atoms with E-state index in [2.05, 4.69) is 0 Å². The summed E-state index contributed by atoms with van der Waals surface area (Å²) >= 11 is 0. The smallest absolute Gasteiger partial charge is 0.251 e. The Morgan fingerprint density at radius 1 is 1.15 bits per heavy atom. The van der Waals surface area contributed by atoms with Gasteiger partial charge in [0, 0.05) is 6.08 Å². The van der Waals surface area contributed by atoms with Crippen LogP contribution in [0.4, 0.5) is 0 Å². The first-order valence-corrected chi connectivity index (χ1v) is 6.52. The van der Waals surface area contributed by atoms with Crippen molar-refractivity contribution in [2.45, 2.75) is 20.3 Å². The van der Waals surface area contributed by atoms with E-state index in [0.29, 0.717) is 6.42 Å². The number of hydrogen-bond acceptors (Lipinski definition) is 2. The Morgan fingerprint density at radius 3 is 2.50 bits per heavy atom. The molecule has 3 nitrogen and oxygen atoms in total. The van der Waals surface area contributed by atoms with Crippen LogP contribution < -0.4 is 0 Å². The lowest BCUT2D eigenvalue weighted by Gasteiger charge is -2.04. The van der Waals surface area contributed by atoms with Crippen molar-refractivity contribution < 1.29 is 4.92 Å². The Hall–Kier alpha value is -2.42. The Balaban J connectivity index is 2.35. The van der Waals surface area contributed by atoms with E-state index in [0.717, 1.165) is 22.3 Å². The summed E-state index contributed by atoms with van der Waals surface area (Å²) in [6, 6.07) is 15.5. The van der Waals surface area contributed by atoms with Crippen LogP contribution in [0, 0.1) is 24.0 Å². The van der Waals surface area contributed by atoms with Crippen molar-refractivity contribution in [1.82, 2.24) is 0 Å². The predicted molar refractivity (Wildman–Crippen MR) is 81.0 cm³/mol. The second-order valence-corrected chi connectivity index (χ2v) is 4.92. The predicted octanol–water partition coefficient (Wildman–Crippen LogP) is 4.16. The van der Waals surface area contributed by atoms with Gasteiger partial charge in [-0.3, -0.25) is 10.1 Å². The van der Waals surface area contributed by atoms with Gasteiger partial charge in [0.15, 0.2) is 0 Å². The van der Waals surface area contributed by atoms with Crippen LogP contribution in [0.5, 0.6) is 0 Å². The molecule has 20 heavy (non-hydrogen) atoms. The van der Waals surface area contributed by atoms with Crippen LogP contribution in [-0.2, 0) is 6.42 Å². The maximum absolute atomic E-state index is 11.2. The lowest BCUT2D eigenvalue weighted by Crippen LogP contribution is -2.02. The molecule has 0 saturated carbocycles. The van der Waals surface area contributed by atoms with Crippen LogP contribution in [0.25, 0.3) is 6.08 Å². The van der Waals surface area contributed by atoms with Crippen LogP contribution >= 0.6 is 0 Å². The van der Waals surface area contributed by atoms with Crippen molar-refractivity contribution in [2.24, 2.45) is 0 Å². The molecular formula is C17H17NO2. The molecule has 0 aliphatic heterocycles. The highest BCUT2D eigenvalue weighted by Crippen LogP contribution is 2.17. The van der Waals surface area contributed by atoms with E-state index in [-0.39, 0.29) is 10.6 Å². The molecular weight excluding hydrogens is 250 g/mol. The van der Waals surface area contributed by atoms with Gasteiger partial charge in [0.2, 0.25) is 0 Å². The summed E-state index contributed by atoms with van der Waals surface area (Å²) in [5.74, 6) is 0. The van der Waals surface area contributed by atoms with Gasteiger partial charge in [-0.15, -0.1) is 0 Å². The Bertz CT molecular complexity index is 645. The number of nitrogens with zero attached hydrogens (tertiary/aromatic N) is 1. The first kappa shape index (κ1) is 14.0. The van der Waals surface area contributed by atoms with E-state index in [1.807, 2.05) is 62.4 Å². The molecule has 0 aromatic heterocycles. The average Bonchev–Trinajstić information content (AvgIpc) is 2.43. The SMILES string of the molecule is Cc1ccc(C)c(C=C(Cc2ccccc2)[N+](=O)[O-])c1. The van der Waals surface area contributed by atoms with Crippen LogP contribution in [0.1, 0.15) is 22.3 Å². The summed E-state index contributed by atoms with van der Waals surface area (Å²) in [5, 5.41) is 11.2. The largest absolute Gasteiger partial charge is 0.259 e. The molecule has 0 N–H and O–H groups in total. The summed E-state index contributed by atoms with van der Waals surface area (Å²) in [4.78, 5) is 10.9. The van der Waals surface area contributed by atoms with Gasteiger partial charge >= 0.3 is 0 Å². The number of benzene rings is 2. The minimum Gasteiger partial charge on any atom is -0.259 e. The number of hydrogen-bond donors (Lipinski definition) is 0. The molecule has 0 radical (unpaired) electrons. The van der Waals surface area contributed by atoms with Crippen LogP contribution in [0.3, 0.4) is 0 Å². The molecule has 0 atom stereocenters. The van der Waals surface area contributed by atoms with E-state index < -0.39 is 0 Å². The molecule has 0 saturated heterocycles. The fraction of sp³-hybridized carbons (Fsp3) is 0.176. The molecule has 0 bridgehead atoms. The summed E-state index contributed by atoms with van der Waals surface area (Å²) in [6.45, 7) is 3.95. The van der Waals surface area contributed by atoms with E-state index in [1.54, 1.807) is 6.08 Å². The van der Waals surface area contributed by atoms with Crippen LogP contribution in [0.15, 0.2) is 54.2 Å². The van der Waals surface area contributed by atoms with E-state index >= 15 is 0 Å². The van der Waals surface area contributed by atoms with Gasteiger partial charge in [-0.2, -0.15) is 0 Å². The number of allylic oxidation sites excluding steroid dienone is 1. The van der Waals surface area contributed by atoms with E-state index in [1.165, 1.54) is 0 Å². The number of nitro groups is 1. The summed E-state index contributed by atoms with van der Waals surface area (Å²) in [6.07, 6.45) is 2.01. The van der Waals surface area contributed by atoms with Gasteiger partial charge in [-0.1, -0.05) is 54.1 Å². The zero-order valence-electron chi connectivity index (χ0n) is 11.7. The van der Waals surface area contributed by atoms with Crippen molar-refractivity contribution in [2.75, 3.05) is 0 Å². The highest BCUT2D eigenvalue weighted by molar-refractivity contribution is 5.56. The van der Waals surface area contributed by atoms with E-state index in [4.69, 9.17) is 0 Å². The lowest BCUT2D eigenvalue weighted by atomic mass is 10.0. The quantitative estimate of drug-likeness (QED) is 0.616. The summed E-state index contributed by atoms with van der Waals surface area (Å²) in [5.41, 5.74) is 4.21. The average molecular weight is 267 g/mol. The molecule has 3 heteroatoms. The minimum atomic E-state index is -0.297. The summed E-state index contributed by atoms with van der Waals surface area (Å²) in [7, 11) is 0. The molecule has 2 aromatic rings. The Morgan fingerprint density at radius 2 is 1.85 bits per heavy atom. The first-order chi connectivity index (χ1) is 9.56. The molecule has 2 aromatic carbocycles. The fourth-order valence-electron chi connectivity index (χ4n) is 2.07. The third kappa shape index (κ3) is 3.54. The second kappa shape index (κ2) is 6.15. The topological polar surface area (TPSA) is 43.1 Å². The van der Waals surface area contributed by atoms with Crippen molar-refractivity contribution in [3.63, 3.8) is 0 Å². The first-order valence-electron chi connectivity index (χ1n) is 6.52. The molecule has 0 aliphatic carbocycles. The van der Waals surface area contributed by atoms with Gasteiger partial charge in [0.1, 0.15) is 0 Å². The monoisotopic (exact) mass is 267 g/mol. The van der Waals surface area contributed by atoms with Crippen molar-refractivity contribution >= 4 is 6.08 Å². The fourth-order valence-corrected chi connectivity index (χ4v) is 2.07. The van der Waals surface area contributed by atoms with Gasteiger partial charge in [0.05, 0.1) is 11.3 Å². The standard InChI is InChI=1S/C17H17NO2/c1-13-8-9-14(2)16(10-13)12-17(18(19)20)11-15-6-4-3-5-7-15/h3-10,12H,11H2,1-2H3. The van der Waals surface area contributed by atoms with Gasteiger partial charge in [-0.05, 0) is 30.5 Å². The molecule has 0 unspecified atom stereocenters. The van der Waals surface area contributed by atoms with Gasteiger partial charge < -0.3 is 0 Å². The van der Waals surface area contributed by atoms with Crippen LogP contribution in [0.2, 0.25) is 0 Å². The highest BCUT2D eigenvalue weighted by Gasteiger charge is 2.12. The molecule has 0 spiro atoms. The second-order valence-electron chi connectivity index (χ2n) is 4.92. The number of rotatable bonds is 4. The van der Waals surface area contributed by atoms with Crippen LogP contribution in [-0.4, -0.2) is 4.92 Å². The van der Waals surface area contributed by atoms with E-state index in [9.17, 15) is 10.1 Å². The normalized spacial score (nSPS) is 11.4. The molecule has 102 valence electrons. The maximum Gasteiger partial charge on any atom is 0.251 e. The van der Waals surface area contributed by atoms with Crippen molar-refractivity contribution in [3.8, 4) is 0 Å². The molecule has 0 fully saturated rings. The zero-order valence-corrected chi connectivity index (χ0v) is 11.7. The zero-order chi connectivity index (χ0) is 14.5. The Labute approximate surface area is 118 Å². The molecule has 0 heterocycles. The molecule has 2 rings (SSSR count). The number of aryl methyl sites for hydroxylation is 2. The third-order valence-electron chi connectivity index (χ3n) is 3.22. The highest BCUT2D eigenvalue weighted by atomic mass is 16.6. The third-order valence-corrected chi connectivity index (χ3v) is 3.22.